The lowest BCUT2D eigenvalue weighted by molar-refractivity contribution is -0.384. The maximum absolute atomic E-state index is 10.9. The maximum Gasteiger partial charge on any atom is 0.292 e. The third-order valence-electron chi connectivity index (χ3n) is 3.47. The monoisotopic (exact) mass is 268 g/mol. The number of nitro groups is 1. The minimum Gasteiger partial charge on any atom is -0.377 e. The molecule has 1 fully saturated rings. The topological polar surface area (TPSA) is 55.2 Å². The van der Waals surface area contributed by atoms with Gasteiger partial charge in [-0.1, -0.05) is 30.9 Å². The average Bonchev–Trinajstić information content (AvgIpc) is 2.23. The van der Waals surface area contributed by atoms with E-state index in [0.717, 1.165) is 12.3 Å². The van der Waals surface area contributed by atoms with Crippen LogP contribution in [0.3, 0.4) is 0 Å². The zero-order chi connectivity index (χ0) is 13.1. The zero-order valence-electron chi connectivity index (χ0n) is 10.4. The number of benzene rings is 1. The first-order chi connectivity index (χ1) is 8.56. The summed E-state index contributed by atoms with van der Waals surface area (Å²) in [6.45, 7) is 2.06. The second-order valence-corrected chi connectivity index (χ2v) is 5.43. The van der Waals surface area contributed by atoms with Crippen LogP contribution in [0.4, 0.5) is 11.4 Å². The minimum atomic E-state index is -0.380. The lowest BCUT2D eigenvalue weighted by Crippen LogP contribution is -2.23. The molecule has 0 aliphatic heterocycles. The Hall–Kier alpha value is -1.29. The summed E-state index contributed by atoms with van der Waals surface area (Å²) in [7, 11) is 0. The molecule has 0 bridgehead atoms. The number of hydrogen-bond donors (Lipinski definition) is 1. The number of hydrogen-bond acceptors (Lipinski definition) is 3. The SMILES string of the molecule is CC(CC1CCC1)Nc1cc(Cl)ccc1[N+](=O)[O-]. The molecule has 18 heavy (non-hydrogen) atoms. The summed E-state index contributed by atoms with van der Waals surface area (Å²) in [6.07, 6.45) is 4.94. The maximum atomic E-state index is 10.9. The van der Waals surface area contributed by atoms with Crippen LogP contribution in [0.15, 0.2) is 18.2 Å². The first kappa shape index (κ1) is 13.1. The van der Waals surface area contributed by atoms with Crippen LogP contribution in [0.2, 0.25) is 5.02 Å². The predicted octanol–water partition coefficient (Wildman–Crippen LogP) is 4.24. The van der Waals surface area contributed by atoms with E-state index in [0.29, 0.717) is 10.7 Å². The van der Waals surface area contributed by atoms with Crippen LogP contribution in [0.5, 0.6) is 0 Å². The van der Waals surface area contributed by atoms with E-state index >= 15 is 0 Å². The van der Waals surface area contributed by atoms with Gasteiger partial charge >= 0.3 is 0 Å². The van der Waals surface area contributed by atoms with Crippen molar-refractivity contribution < 1.29 is 4.92 Å². The van der Waals surface area contributed by atoms with Crippen molar-refractivity contribution >= 4 is 23.0 Å². The molecule has 0 heterocycles. The van der Waals surface area contributed by atoms with Gasteiger partial charge in [-0.2, -0.15) is 0 Å². The normalized spacial score (nSPS) is 17.0. The minimum absolute atomic E-state index is 0.0832. The standard InChI is InChI=1S/C13H17ClN2O2/c1-9(7-10-3-2-4-10)15-12-8-11(14)5-6-13(12)16(17)18/h5-6,8-10,15H,2-4,7H2,1H3. The number of nitro benzene ring substituents is 1. The second kappa shape index (κ2) is 5.57. The molecule has 4 nitrogen and oxygen atoms in total. The smallest absolute Gasteiger partial charge is 0.292 e. The van der Waals surface area contributed by atoms with Crippen molar-refractivity contribution in [2.45, 2.75) is 38.6 Å². The average molecular weight is 269 g/mol. The Bertz CT molecular complexity index is 447. The van der Waals surface area contributed by atoms with Crippen LogP contribution in [0.25, 0.3) is 0 Å². The molecular formula is C13H17ClN2O2. The Kier molecular flexibility index (Phi) is 4.07. The van der Waals surface area contributed by atoms with Gasteiger partial charge in [0.25, 0.3) is 5.69 Å². The molecule has 1 N–H and O–H groups in total. The van der Waals surface area contributed by atoms with Gasteiger partial charge in [-0.25, -0.2) is 0 Å². The summed E-state index contributed by atoms with van der Waals surface area (Å²) >= 11 is 5.89. The van der Waals surface area contributed by atoms with E-state index in [9.17, 15) is 10.1 Å². The molecule has 0 amide bonds. The molecule has 1 aromatic carbocycles. The largest absolute Gasteiger partial charge is 0.377 e. The highest BCUT2D eigenvalue weighted by Crippen LogP contribution is 2.33. The van der Waals surface area contributed by atoms with Gasteiger partial charge in [-0.05, 0) is 31.4 Å². The van der Waals surface area contributed by atoms with Crippen LogP contribution in [0.1, 0.15) is 32.6 Å². The first-order valence-corrected chi connectivity index (χ1v) is 6.64. The molecule has 1 saturated carbocycles. The fourth-order valence-electron chi connectivity index (χ4n) is 2.34. The molecule has 5 heteroatoms. The van der Waals surface area contributed by atoms with Crippen molar-refractivity contribution in [3.05, 3.63) is 33.3 Å². The third kappa shape index (κ3) is 3.13. The summed E-state index contributed by atoms with van der Waals surface area (Å²) < 4.78 is 0. The molecule has 1 unspecified atom stereocenters. The molecule has 0 aromatic heterocycles. The highest BCUT2D eigenvalue weighted by atomic mass is 35.5. The van der Waals surface area contributed by atoms with Crippen molar-refractivity contribution in [3.63, 3.8) is 0 Å². The number of halogens is 1. The summed E-state index contributed by atoms with van der Waals surface area (Å²) in [6, 6.07) is 4.84. The third-order valence-corrected chi connectivity index (χ3v) is 3.70. The number of anilines is 1. The number of rotatable bonds is 5. The Labute approximate surface area is 111 Å². The molecular weight excluding hydrogens is 252 g/mol. The molecule has 98 valence electrons. The van der Waals surface area contributed by atoms with E-state index in [4.69, 9.17) is 11.6 Å². The number of nitrogens with one attached hydrogen (secondary N) is 1. The summed E-state index contributed by atoms with van der Waals surface area (Å²) in [5.74, 6) is 0.769. The van der Waals surface area contributed by atoms with Crippen LogP contribution in [0, 0.1) is 16.0 Å². The summed E-state index contributed by atoms with van der Waals surface area (Å²) in [5, 5.41) is 14.6. The van der Waals surface area contributed by atoms with Crippen molar-refractivity contribution in [2.24, 2.45) is 5.92 Å². The lowest BCUT2D eigenvalue weighted by atomic mass is 9.81. The van der Waals surface area contributed by atoms with E-state index in [1.165, 1.54) is 25.3 Å². The van der Waals surface area contributed by atoms with Gasteiger partial charge in [0.15, 0.2) is 0 Å². The van der Waals surface area contributed by atoms with Gasteiger partial charge in [-0.3, -0.25) is 10.1 Å². The van der Waals surface area contributed by atoms with Gasteiger partial charge in [0.1, 0.15) is 5.69 Å². The van der Waals surface area contributed by atoms with Gasteiger partial charge in [-0.15, -0.1) is 0 Å². The molecule has 0 spiro atoms. The highest BCUT2D eigenvalue weighted by molar-refractivity contribution is 6.31. The molecule has 1 aliphatic rings. The van der Waals surface area contributed by atoms with Gasteiger partial charge < -0.3 is 5.32 Å². The van der Waals surface area contributed by atoms with E-state index in [-0.39, 0.29) is 16.7 Å². The molecule has 1 aromatic rings. The van der Waals surface area contributed by atoms with Gasteiger partial charge in [0.2, 0.25) is 0 Å². The molecule has 1 aliphatic carbocycles. The van der Waals surface area contributed by atoms with Crippen LogP contribution < -0.4 is 5.32 Å². The zero-order valence-corrected chi connectivity index (χ0v) is 11.1. The fourth-order valence-corrected chi connectivity index (χ4v) is 2.51. The van der Waals surface area contributed by atoms with Crippen LogP contribution in [-0.4, -0.2) is 11.0 Å². The van der Waals surface area contributed by atoms with Crippen molar-refractivity contribution in [2.75, 3.05) is 5.32 Å². The van der Waals surface area contributed by atoms with E-state index in [2.05, 4.69) is 12.2 Å². The highest BCUT2D eigenvalue weighted by Gasteiger charge is 2.21. The Morgan fingerprint density at radius 2 is 2.28 bits per heavy atom. The summed E-state index contributed by atoms with van der Waals surface area (Å²) in [5.41, 5.74) is 0.596. The molecule has 0 radical (unpaired) electrons. The first-order valence-electron chi connectivity index (χ1n) is 6.26. The van der Waals surface area contributed by atoms with Gasteiger partial charge in [0, 0.05) is 17.1 Å². The van der Waals surface area contributed by atoms with Crippen molar-refractivity contribution in [3.8, 4) is 0 Å². The van der Waals surface area contributed by atoms with Crippen molar-refractivity contribution in [1.29, 1.82) is 0 Å². The number of nitrogens with zero attached hydrogens (tertiary/aromatic N) is 1. The van der Waals surface area contributed by atoms with Gasteiger partial charge in [0.05, 0.1) is 4.92 Å². The Morgan fingerprint density at radius 1 is 1.56 bits per heavy atom. The van der Waals surface area contributed by atoms with E-state index in [1.54, 1.807) is 12.1 Å². The van der Waals surface area contributed by atoms with Crippen LogP contribution in [-0.2, 0) is 0 Å². The van der Waals surface area contributed by atoms with E-state index < -0.39 is 0 Å². The molecule has 0 saturated heterocycles. The van der Waals surface area contributed by atoms with Crippen LogP contribution >= 0.6 is 11.6 Å². The Balaban J connectivity index is 2.06. The molecule has 1 atom stereocenters. The summed E-state index contributed by atoms with van der Waals surface area (Å²) in [4.78, 5) is 10.5. The Morgan fingerprint density at radius 3 is 2.83 bits per heavy atom. The van der Waals surface area contributed by atoms with E-state index in [1.807, 2.05) is 0 Å². The predicted molar refractivity (Wildman–Crippen MR) is 73.1 cm³/mol. The lowest BCUT2D eigenvalue weighted by Gasteiger charge is -2.28. The second-order valence-electron chi connectivity index (χ2n) is 5.00. The van der Waals surface area contributed by atoms with Crippen molar-refractivity contribution in [1.82, 2.24) is 0 Å². The molecule has 2 rings (SSSR count). The fraction of sp³-hybridized carbons (Fsp3) is 0.538. The quantitative estimate of drug-likeness (QED) is 0.642.